The van der Waals surface area contributed by atoms with Crippen molar-refractivity contribution in [2.24, 2.45) is 7.05 Å². The quantitative estimate of drug-likeness (QED) is 0.402. The molecule has 0 fully saturated rings. The molecule has 0 saturated heterocycles. The van der Waals surface area contributed by atoms with Gasteiger partial charge in [-0.15, -0.1) is 0 Å². The summed E-state index contributed by atoms with van der Waals surface area (Å²) in [5.41, 5.74) is 6.15. The molecule has 34 heavy (non-hydrogen) atoms. The molecule has 1 N–H and O–H groups in total. The third kappa shape index (κ3) is 4.44. The van der Waals surface area contributed by atoms with Crippen molar-refractivity contribution in [3.8, 4) is 22.5 Å². The van der Waals surface area contributed by atoms with Gasteiger partial charge in [0, 0.05) is 42.2 Å². The minimum atomic E-state index is -3.48. The van der Waals surface area contributed by atoms with Crippen molar-refractivity contribution in [3.05, 3.63) is 60.0 Å². The number of aromatic nitrogens is 6. The molecule has 0 saturated carbocycles. The van der Waals surface area contributed by atoms with Crippen LogP contribution in [0.3, 0.4) is 0 Å². The molecule has 11 heteroatoms. The summed E-state index contributed by atoms with van der Waals surface area (Å²) in [5.74, 6) is 1.24. The van der Waals surface area contributed by atoms with Gasteiger partial charge in [0.1, 0.15) is 0 Å². The first-order chi connectivity index (χ1) is 16.3. The Morgan fingerprint density at radius 3 is 2.74 bits per heavy atom. The van der Waals surface area contributed by atoms with E-state index in [2.05, 4.69) is 34.5 Å². The molecule has 3 aromatic heterocycles. The fraction of sp³-hybridized carbons (Fsp3) is 0.304. The highest BCUT2D eigenvalue weighted by molar-refractivity contribution is 7.85. The Bertz CT molecular complexity index is 1440. The van der Waals surface area contributed by atoms with Crippen molar-refractivity contribution in [2.45, 2.75) is 25.8 Å². The van der Waals surface area contributed by atoms with Crippen LogP contribution in [0.25, 0.3) is 22.5 Å². The van der Waals surface area contributed by atoms with Crippen molar-refractivity contribution in [1.82, 2.24) is 29.5 Å². The first-order valence-corrected chi connectivity index (χ1v) is 12.7. The van der Waals surface area contributed by atoms with Gasteiger partial charge in [0.2, 0.25) is 5.95 Å². The number of fused-ring (bicyclic) bond motifs is 3. The highest BCUT2D eigenvalue weighted by Crippen LogP contribution is 2.43. The third-order valence-corrected chi connectivity index (χ3v) is 6.34. The highest BCUT2D eigenvalue weighted by atomic mass is 32.2. The smallest absolute Gasteiger partial charge is 0.264 e. The van der Waals surface area contributed by atoms with Gasteiger partial charge in [0.15, 0.2) is 5.82 Å². The third-order valence-electron chi connectivity index (χ3n) is 5.75. The normalized spacial score (nSPS) is 15.1. The standard InChI is InChI=1S/C23H25N7O3S/c1-15-13-18-20(22(29(2)27-18)16-7-5-4-6-8-16)21-17(15)14-24-23(26-21)25-19-9-10-30(28-19)11-12-33-34(3,31)32/h4-10,14-15H,11-13H2,1-3H3,(H,24,25,26,28)/t15-/m1/s1. The van der Waals surface area contributed by atoms with E-state index >= 15 is 0 Å². The molecule has 1 aliphatic carbocycles. The summed E-state index contributed by atoms with van der Waals surface area (Å²) in [5, 5.41) is 12.4. The van der Waals surface area contributed by atoms with Crippen LogP contribution in [0, 0.1) is 0 Å². The lowest BCUT2D eigenvalue weighted by Crippen LogP contribution is -2.12. The van der Waals surface area contributed by atoms with E-state index in [1.807, 2.05) is 36.1 Å². The Morgan fingerprint density at radius 1 is 1.18 bits per heavy atom. The van der Waals surface area contributed by atoms with E-state index in [1.165, 1.54) is 0 Å². The Labute approximate surface area is 197 Å². The number of nitrogens with one attached hydrogen (secondary N) is 1. The monoisotopic (exact) mass is 479 g/mol. The Balaban J connectivity index is 1.45. The lowest BCUT2D eigenvalue weighted by atomic mass is 9.85. The van der Waals surface area contributed by atoms with Crippen LogP contribution in [0.5, 0.6) is 0 Å². The summed E-state index contributed by atoms with van der Waals surface area (Å²) < 4.78 is 30.6. The number of hydrogen-bond acceptors (Lipinski definition) is 8. The zero-order chi connectivity index (χ0) is 23.9. The molecule has 0 amide bonds. The van der Waals surface area contributed by atoms with E-state index < -0.39 is 10.1 Å². The van der Waals surface area contributed by atoms with Gasteiger partial charge in [-0.05, 0) is 12.3 Å². The van der Waals surface area contributed by atoms with Gasteiger partial charge in [-0.25, -0.2) is 9.97 Å². The van der Waals surface area contributed by atoms with Gasteiger partial charge in [0.05, 0.1) is 36.5 Å². The zero-order valence-electron chi connectivity index (χ0n) is 19.1. The first kappa shape index (κ1) is 22.2. The molecule has 0 bridgehead atoms. The maximum atomic E-state index is 11.1. The van der Waals surface area contributed by atoms with Gasteiger partial charge in [-0.3, -0.25) is 13.5 Å². The highest BCUT2D eigenvalue weighted by Gasteiger charge is 2.30. The van der Waals surface area contributed by atoms with E-state index in [0.29, 0.717) is 18.3 Å². The SMILES string of the molecule is C[C@@H]1Cc2nn(C)c(-c3ccccc3)c2-c2nc(Nc3ccn(CCOS(C)(=O)=O)n3)ncc21. The Hall–Kier alpha value is -3.57. The minimum Gasteiger partial charge on any atom is -0.307 e. The lowest BCUT2D eigenvalue weighted by molar-refractivity contribution is 0.297. The molecule has 10 nitrogen and oxygen atoms in total. The molecule has 0 unspecified atom stereocenters. The fourth-order valence-corrected chi connectivity index (χ4v) is 4.64. The van der Waals surface area contributed by atoms with Crippen LogP contribution in [-0.4, -0.2) is 50.8 Å². The lowest BCUT2D eigenvalue weighted by Gasteiger charge is -2.21. The number of benzene rings is 1. The van der Waals surface area contributed by atoms with Crippen molar-refractivity contribution in [3.63, 3.8) is 0 Å². The predicted octanol–water partition coefficient (Wildman–Crippen LogP) is 3.12. The van der Waals surface area contributed by atoms with Crippen molar-refractivity contribution in [2.75, 3.05) is 18.2 Å². The van der Waals surface area contributed by atoms with E-state index in [-0.39, 0.29) is 12.5 Å². The molecule has 0 radical (unpaired) electrons. The Morgan fingerprint density at radius 2 is 1.97 bits per heavy atom. The molecule has 1 atom stereocenters. The summed E-state index contributed by atoms with van der Waals surface area (Å²) in [6.45, 7) is 2.48. The van der Waals surface area contributed by atoms with Gasteiger partial charge >= 0.3 is 0 Å². The second-order valence-corrected chi connectivity index (χ2v) is 10.0. The van der Waals surface area contributed by atoms with Crippen LogP contribution in [0.4, 0.5) is 11.8 Å². The van der Waals surface area contributed by atoms with Crippen LogP contribution < -0.4 is 5.32 Å². The summed E-state index contributed by atoms with van der Waals surface area (Å²) in [6.07, 6.45) is 5.46. The molecule has 0 aliphatic heterocycles. The summed E-state index contributed by atoms with van der Waals surface area (Å²) >= 11 is 0. The molecule has 3 heterocycles. The molecule has 0 spiro atoms. The second-order valence-electron chi connectivity index (χ2n) is 8.38. The van der Waals surface area contributed by atoms with Gasteiger partial charge in [0.25, 0.3) is 10.1 Å². The predicted molar refractivity (Wildman–Crippen MR) is 128 cm³/mol. The first-order valence-electron chi connectivity index (χ1n) is 10.9. The van der Waals surface area contributed by atoms with Gasteiger partial charge in [-0.2, -0.15) is 18.6 Å². The van der Waals surface area contributed by atoms with Crippen LogP contribution >= 0.6 is 0 Å². The van der Waals surface area contributed by atoms with Crippen molar-refractivity contribution < 1.29 is 12.6 Å². The van der Waals surface area contributed by atoms with E-state index in [1.54, 1.807) is 16.9 Å². The molecule has 176 valence electrons. The maximum absolute atomic E-state index is 11.1. The van der Waals surface area contributed by atoms with Crippen LogP contribution in [0.2, 0.25) is 0 Å². The molecular formula is C23H25N7O3S. The van der Waals surface area contributed by atoms with Crippen molar-refractivity contribution >= 4 is 21.9 Å². The van der Waals surface area contributed by atoms with E-state index in [0.717, 1.165) is 46.4 Å². The molecule has 1 aliphatic rings. The van der Waals surface area contributed by atoms with E-state index in [9.17, 15) is 8.42 Å². The average molecular weight is 480 g/mol. The maximum Gasteiger partial charge on any atom is 0.264 e. The minimum absolute atomic E-state index is 0.0131. The largest absolute Gasteiger partial charge is 0.307 e. The summed E-state index contributed by atoms with van der Waals surface area (Å²) in [6, 6.07) is 12.0. The van der Waals surface area contributed by atoms with Crippen molar-refractivity contribution in [1.29, 1.82) is 0 Å². The number of anilines is 2. The summed E-state index contributed by atoms with van der Waals surface area (Å²) in [4.78, 5) is 9.40. The van der Waals surface area contributed by atoms with Gasteiger partial charge < -0.3 is 5.32 Å². The molecule has 1 aromatic carbocycles. The van der Waals surface area contributed by atoms with Crippen LogP contribution in [0.15, 0.2) is 48.8 Å². The average Bonchev–Trinajstić information content (AvgIpc) is 3.36. The Kier molecular flexibility index (Phi) is 5.66. The fourth-order valence-electron chi connectivity index (χ4n) is 4.26. The number of nitrogens with zero attached hydrogens (tertiary/aromatic N) is 6. The molecule has 5 rings (SSSR count). The summed E-state index contributed by atoms with van der Waals surface area (Å²) in [7, 11) is -1.52. The van der Waals surface area contributed by atoms with Crippen LogP contribution in [-0.2, 0) is 34.3 Å². The second kappa shape index (κ2) is 8.65. The topological polar surface area (TPSA) is 117 Å². The molecule has 4 aromatic rings. The van der Waals surface area contributed by atoms with Crippen LogP contribution in [0.1, 0.15) is 24.1 Å². The van der Waals surface area contributed by atoms with E-state index in [4.69, 9.17) is 14.3 Å². The zero-order valence-corrected chi connectivity index (χ0v) is 20.0. The number of hydrogen-bond donors (Lipinski definition) is 1. The van der Waals surface area contributed by atoms with Gasteiger partial charge in [-0.1, -0.05) is 37.3 Å². The molecular weight excluding hydrogens is 454 g/mol. The number of rotatable bonds is 7. The number of aryl methyl sites for hydroxylation is 1.